The number of fused-ring (bicyclic) bond motifs is 5. The molecule has 236 valence electrons. The normalized spacial score (nSPS) is 31.4. The predicted molar refractivity (Wildman–Crippen MR) is 170 cm³/mol. The molecule has 2 N–H and O–H groups in total. The second-order valence-corrected chi connectivity index (χ2v) is 14.7. The predicted octanol–water partition coefficient (Wildman–Crippen LogP) is 7.94. The second kappa shape index (κ2) is 13.2. The van der Waals surface area contributed by atoms with Gasteiger partial charge in [-0.2, -0.15) is 5.26 Å². The van der Waals surface area contributed by atoms with Gasteiger partial charge in [-0.1, -0.05) is 45.1 Å². The van der Waals surface area contributed by atoms with Gasteiger partial charge in [-0.3, -0.25) is 4.79 Å². The van der Waals surface area contributed by atoms with Gasteiger partial charge in [0.15, 0.2) is 0 Å². The monoisotopic (exact) mass is 600 g/mol. The summed E-state index contributed by atoms with van der Waals surface area (Å²) < 4.78 is 16.1. The van der Waals surface area contributed by atoms with Crippen LogP contribution in [0.5, 0.6) is 5.75 Å². The number of rotatable bonds is 9. The van der Waals surface area contributed by atoms with Crippen molar-refractivity contribution in [1.29, 1.82) is 5.26 Å². The maximum Gasteiger partial charge on any atom is 0.253 e. The standard InChI is InChI=1S/C38H49FN2O3/c1-38-22-33(39)36-31-16-15-30(42)21-29(31)20-28(35(36)32(38)17-18-34(38)43)10-6-3-7-19-41(24-26-8-4-2-5-9-26)37(44)27-13-11-25(23-40)12-14-27/h11-16,21,26,28,32-36,42-43H,2-10,17-20,22,24H2,1H3/t28?,32?,33?,34?,35?,36?,38-/m0/s1. The van der Waals surface area contributed by atoms with Crippen LogP contribution >= 0.6 is 0 Å². The molecule has 1 amide bonds. The maximum absolute atomic E-state index is 16.1. The molecule has 2 aromatic rings. The molecule has 5 nitrogen and oxygen atoms in total. The molecule has 0 bridgehead atoms. The lowest BCUT2D eigenvalue weighted by Gasteiger charge is -2.54. The van der Waals surface area contributed by atoms with E-state index in [-0.39, 0.29) is 28.9 Å². The number of phenolic OH excluding ortho intramolecular Hbond substituents is 1. The van der Waals surface area contributed by atoms with Crippen molar-refractivity contribution in [1.82, 2.24) is 4.90 Å². The zero-order valence-electron chi connectivity index (χ0n) is 26.3. The summed E-state index contributed by atoms with van der Waals surface area (Å²) in [5.41, 5.74) is 3.01. The Kier molecular flexibility index (Phi) is 9.34. The highest BCUT2D eigenvalue weighted by atomic mass is 19.1. The van der Waals surface area contributed by atoms with Gasteiger partial charge in [0.1, 0.15) is 11.9 Å². The second-order valence-electron chi connectivity index (χ2n) is 14.7. The summed E-state index contributed by atoms with van der Waals surface area (Å²) in [7, 11) is 0. The van der Waals surface area contributed by atoms with E-state index >= 15 is 4.39 Å². The van der Waals surface area contributed by atoms with Crippen LogP contribution in [-0.2, 0) is 6.42 Å². The molecule has 0 spiro atoms. The number of nitriles is 1. The molecule has 4 aliphatic rings. The van der Waals surface area contributed by atoms with E-state index in [9.17, 15) is 20.3 Å². The third-order valence-electron chi connectivity index (χ3n) is 12.0. The molecule has 0 saturated heterocycles. The Balaban J connectivity index is 1.12. The molecule has 3 fully saturated rings. The zero-order chi connectivity index (χ0) is 30.8. The Labute approximate surface area is 262 Å². The number of carbonyl (C=O) groups is 1. The highest BCUT2D eigenvalue weighted by Gasteiger charge is 2.59. The van der Waals surface area contributed by atoms with Crippen LogP contribution < -0.4 is 0 Å². The molecule has 6 unspecified atom stereocenters. The van der Waals surface area contributed by atoms with E-state index in [1.165, 1.54) is 32.1 Å². The van der Waals surface area contributed by atoms with Crippen LogP contribution in [0.4, 0.5) is 4.39 Å². The molecule has 0 aromatic heterocycles. The fourth-order valence-electron chi connectivity index (χ4n) is 9.75. The molecule has 0 heterocycles. The Morgan fingerprint density at radius 2 is 1.82 bits per heavy atom. The Hall–Kier alpha value is -2.91. The van der Waals surface area contributed by atoms with Gasteiger partial charge in [0.2, 0.25) is 0 Å². The first-order valence-electron chi connectivity index (χ1n) is 17.2. The molecular weight excluding hydrogens is 551 g/mol. The SMILES string of the molecule is C[C@]12CC(F)C3c4ccc(O)cc4CC(CCCCCN(CC4CCCCC4)C(=O)c4ccc(C#N)cc4)C3C1CCC2O. The molecule has 0 radical (unpaired) electrons. The number of phenols is 1. The Bertz CT molecular complexity index is 1350. The van der Waals surface area contributed by atoms with E-state index in [2.05, 4.69) is 13.0 Å². The number of alkyl halides is 1. The highest BCUT2D eigenvalue weighted by Crippen LogP contribution is 2.63. The van der Waals surface area contributed by atoms with Gasteiger partial charge in [-0.15, -0.1) is 0 Å². The Morgan fingerprint density at radius 3 is 2.57 bits per heavy atom. The number of benzene rings is 2. The number of hydrogen-bond donors (Lipinski definition) is 2. The van der Waals surface area contributed by atoms with Gasteiger partial charge in [0.25, 0.3) is 5.91 Å². The first-order chi connectivity index (χ1) is 21.3. The average molecular weight is 601 g/mol. The van der Waals surface area contributed by atoms with E-state index in [1.807, 2.05) is 17.0 Å². The smallest absolute Gasteiger partial charge is 0.253 e. The summed E-state index contributed by atoms with van der Waals surface area (Å²) in [6.45, 7) is 3.64. The first-order valence-corrected chi connectivity index (χ1v) is 17.2. The number of unbranched alkanes of at least 4 members (excludes halogenated alkanes) is 2. The topological polar surface area (TPSA) is 84.6 Å². The fourth-order valence-corrected chi connectivity index (χ4v) is 9.75. The van der Waals surface area contributed by atoms with Gasteiger partial charge in [-0.05, 0) is 128 Å². The summed E-state index contributed by atoms with van der Waals surface area (Å²) >= 11 is 0. The van der Waals surface area contributed by atoms with E-state index in [1.54, 1.807) is 30.3 Å². The van der Waals surface area contributed by atoms with Gasteiger partial charge in [0.05, 0.1) is 17.7 Å². The lowest BCUT2D eigenvalue weighted by atomic mass is 9.51. The highest BCUT2D eigenvalue weighted by molar-refractivity contribution is 5.94. The van der Waals surface area contributed by atoms with Crippen molar-refractivity contribution in [2.75, 3.05) is 13.1 Å². The molecular formula is C38H49FN2O3. The number of nitrogens with zero attached hydrogens (tertiary/aromatic N) is 2. The average Bonchev–Trinajstić information content (AvgIpc) is 3.33. The van der Waals surface area contributed by atoms with Gasteiger partial charge >= 0.3 is 0 Å². The third kappa shape index (κ3) is 6.14. The number of aliphatic hydroxyl groups excluding tert-OH is 1. The van der Waals surface area contributed by atoms with Crippen LogP contribution in [0.3, 0.4) is 0 Å². The summed E-state index contributed by atoms with van der Waals surface area (Å²) in [6, 6.07) is 14.6. The first kappa shape index (κ1) is 31.1. The van der Waals surface area contributed by atoms with E-state index in [4.69, 9.17) is 0 Å². The maximum atomic E-state index is 16.1. The van der Waals surface area contributed by atoms with Crippen molar-refractivity contribution in [3.05, 3.63) is 64.7 Å². The van der Waals surface area contributed by atoms with Crippen molar-refractivity contribution in [2.45, 2.75) is 109 Å². The quantitative estimate of drug-likeness (QED) is 0.286. The number of halogens is 1. The largest absolute Gasteiger partial charge is 0.508 e. The minimum Gasteiger partial charge on any atom is -0.508 e. The summed E-state index contributed by atoms with van der Waals surface area (Å²) in [4.78, 5) is 15.6. The molecule has 3 saturated carbocycles. The number of aliphatic hydroxyl groups is 1. The molecule has 6 heteroatoms. The summed E-state index contributed by atoms with van der Waals surface area (Å²) in [5, 5.41) is 30.4. The minimum absolute atomic E-state index is 0.0573. The summed E-state index contributed by atoms with van der Waals surface area (Å²) in [5.74, 6) is 1.54. The van der Waals surface area contributed by atoms with Crippen molar-refractivity contribution >= 4 is 5.91 Å². The van der Waals surface area contributed by atoms with Crippen LogP contribution in [-0.4, -0.2) is 46.4 Å². The van der Waals surface area contributed by atoms with Crippen molar-refractivity contribution < 1.29 is 19.4 Å². The molecule has 7 atom stereocenters. The molecule has 4 aliphatic carbocycles. The molecule has 2 aromatic carbocycles. The number of carbonyl (C=O) groups excluding carboxylic acids is 1. The number of hydrogen-bond acceptors (Lipinski definition) is 4. The van der Waals surface area contributed by atoms with E-state index in [0.29, 0.717) is 35.3 Å². The van der Waals surface area contributed by atoms with Gasteiger partial charge < -0.3 is 15.1 Å². The Morgan fingerprint density at radius 1 is 1.05 bits per heavy atom. The zero-order valence-corrected chi connectivity index (χ0v) is 26.3. The van der Waals surface area contributed by atoms with E-state index in [0.717, 1.165) is 69.2 Å². The molecule has 44 heavy (non-hydrogen) atoms. The number of amides is 1. The van der Waals surface area contributed by atoms with Crippen molar-refractivity contribution in [2.24, 2.45) is 29.1 Å². The lowest BCUT2D eigenvalue weighted by Crippen LogP contribution is -2.51. The van der Waals surface area contributed by atoms with Gasteiger partial charge in [0, 0.05) is 24.6 Å². The van der Waals surface area contributed by atoms with Crippen molar-refractivity contribution in [3.8, 4) is 11.8 Å². The fraction of sp³-hybridized carbons (Fsp3) is 0.632. The van der Waals surface area contributed by atoms with Gasteiger partial charge in [-0.25, -0.2) is 4.39 Å². The van der Waals surface area contributed by atoms with Crippen LogP contribution in [0.2, 0.25) is 0 Å². The van der Waals surface area contributed by atoms with Crippen LogP contribution in [0, 0.1) is 40.4 Å². The summed E-state index contributed by atoms with van der Waals surface area (Å²) in [6.07, 6.45) is 11.7. The third-order valence-corrected chi connectivity index (χ3v) is 12.0. The van der Waals surface area contributed by atoms with Crippen molar-refractivity contribution in [3.63, 3.8) is 0 Å². The minimum atomic E-state index is -0.985. The van der Waals surface area contributed by atoms with Crippen LogP contribution in [0.1, 0.15) is 117 Å². The lowest BCUT2D eigenvalue weighted by molar-refractivity contribution is -0.0722. The molecule has 0 aliphatic heterocycles. The van der Waals surface area contributed by atoms with E-state index < -0.39 is 12.3 Å². The van der Waals surface area contributed by atoms with Crippen LogP contribution in [0.25, 0.3) is 0 Å². The molecule has 6 rings (SSSR count). The van der Waals surface area contributed by atoms with Crippen LogP contribution in [0.15, 0.2) is 42.5 Å². The number of aromatic hydroxyl groups is 1.